The van der Waals surface area contributed by atoms with Crippen LogP contribution in [0, 0.1) is 0 Å². The second-order valence-electron chi connectivity index (χ2n) is 9.46. The van der Waals surface area contributed by atoms with Crippen LogP contribution in [0.25, 0.3) is 11.0 Å². The van der Waals surface area contributed by atoms with Crippen molar-refractivity contribution in [2.24, 2.45) is 7.05 Å². The van der Waals surface area contributed by atoms with E-state index in [2.05, 4.69) is 15.6 Å². The molecule has 5 rings (SSSR count). The van der Waals surface area contributed by atoms with Gasteiger partial charge in [-0.1, -0.05) is 24.3 Å². The van der Waals surface area contributed by atoms with Gasteiger partial charge in [0.2, 0.25) is 5.95 Å². The Labute approximate surface area is 208 Å². The number of nitrogens with one attached hydrogen (secondary N) is 2. The minimum absolute atomic E-state index is 0.126. The predicted molar refractivity (Wildman–Crippen MR) is 141 cm³/mol. The maximum atomic E-state index is 12.3. The van der Waals surface area contributed by atoms with Gasteiger partial charge in [0.05, 0.1) is 11.0 Å². The lowest BCUT2D eigenvalue weighted by Gasteiger charge is -2.37. The number of carbonyl (C=O) groups is 1. The molecule has 1 aliphatic rings. The number of aryl methyl sites for hydroxylation is 1. The van der Waals surface area contributed by atoms with Gasteiger partial charge in [-0.15, -0.1) is 0 Å². The third-order valence-electron chi connectivity index (χ3n) is 7.03. The summed E-state index contributed by atoms with van der Waals surface area (Å²) in [5.41, 5.74) is 2.80. The molecule has 0 radical (unpaired) electrons. The van der Waals surface area contributed by atoms with Gasteiger partial charge >= 0.3 is 5.97 Å². The van der Waals surface area contributed by atoms with Crippen LogP contribution in [0.2, 0.25) is 0 Å². The van der Waals surface area contributed by atoms with Gasteiger partial charge in [-0.3, -0.25) is 9.59 Å². The van der Waals surface area contributed by atoms with Crippen LogP contribution in [0.15, 0.2) is 58.1 Å². The van der Waals surface area contributed by atoms with E-state index in [-0.39, 0.29) is 18.2 Å². The molecular weight excluding hydrogens is 458 g/mol. The minimum Gasteiger partial charge on any atom is -0.480 e. The van der Waals surface area contributed by atoms with Crippen molar-refractivity contribution >= 4 is 40.0 Å². The molecule has 1 fully saturated rings. The first kappa shape index (κ1) is 23.6. The second kappa shape index (κ2) is 9.49. The third-order valence-corrected chi connectivity index (χ3v) is 7.03. The smallest absolute Gasteiger partial charge is 0.326 e. The SMILES string of the molecule is C[C@H]1CCCCN1c1c(NC(Cc2ccc(Nc3nc4ccccc4n3C)cc2)C(=O)O)c(=O)c1=O. The largest absolute Gasteiger partial charge is 0.480 e. The van der Waals surface area contributed by atoms with Crippen LogP contribution in [-0.4, -0.2) is 39.3 Å². The third kappa shape index (κ3) is 4.32. The van der Waals surface area contributed by atoms with E-state index in [1.54, 1.807) is 0 Å². The Balaban J connectivity index is 1.30. The highest BCUT2D eigenvalue weighted by molar-refractivity contribution is 5.83. The van der Waals surface area contributed by atoms with E-state index >= 15 is 0 Å². The minimum atomic E-state index is -1.08. The van der Waals surface area contributed by atoms with Gasteiger partial charge in [0.25, 0.3) is 10.9 Å². The van der Waals surface area contributed by atoms with Crippen molar-refractivity contribution < 1.29 is 9.90 Å². The molecule has 3 N–H and O–H groups in total. The Morgan fingerprint density at radius 2 is 1.86 bits per heavy atom. The predicted octanol–water partition coefficient (Wildman–Crippen LogP) is 3.40. The van der Waals surface area contributed by atoms with Crippen molar-refractivity contribution in [1.82, 2.24) is 9.55 Å². The van der Waals surface area contributed by atoms with Crippen LogP contribution < -0.4 is 26.4 Å². The summed E-state index contributed by atoms with van der Waals surface area (Å²) in [4.78, 5) is 43.3. The summed E-state index contributed by atoms with van der Waals surface area (Å²) >= 11 is 0. The Morgan fingerprint density at radius 1 is 1.11 bits per heavy atom. The molecule has 1 unspecified atom stereocenters. The first-order valence-electron chi connectivity index (χ1n) is 12.2. The molecule has 2 atom stereocenters. The number of aromatic nitrogens is 2. The average molecular weight is 488 g/mol. The molecule has 36 heavy (non-hydrogen) atoms. The van der Waals surface area contributed by atoms with Crippen LogP contribution in [0.3, 0.4) is 0 Å². The molecule has 1 saturated heterocycles. The van der Waals surface area contributed by atoms with Gasteiger partial charge < -0.3 is 25.2 Å². The van der Waals surface area contributed by atoms with Gasteiger partial charge in [-0.25, -0.2) is 9.78 Å². The normalized spacial score (nSPS) is 16.8. The number of fused-ring (bicyclic) bond motifs is 1. The standard InChI is InChI=1S/C27H29N5O4/c1-16-7-5-6-14-32(16)23-22(24(33)25(23)34)29-20(26(35)36)15-17-10-12-18(13-11-17)28-27-30-19-8-3-4-9-21(19)31(27)2/h3-4,8-13,16,20,29H,5-7,14-15H2,1-2H3,(H,28,30)(H,35,36)/t16-,20?/m0/s1. The van der Waals surface area contributed by atoms with Crippen LogP contribution >= 0.6 is 0 Å². The van der Waals surface area contributed by atoms with Crippen LogP contribution in [-0.2, 0) is 18.3 Å². The molecule has 0 spiro atoms. The molecule has 1 aliphatic heterocycles. The van der Waals surface area contributed by atoms with Crippen LogP contribution in [0.5, 0.6) is 0 Å². The fourth-order valence-electron chi connectivity index (χ4n) is 4.94. The lowest BCUT2D eigenvalue weighted by atomic mass is 9.99. The Hall–Kier alpha value is -4.14. The quantitative estimate of drug-likeness (QED) is 0.324. The lowest BCUT2D eigenvalue weighted by molar-refractivity contribution is -0.137. The van der Waals surface area contributed by atoms with Crippen molar-refractivity contribution in [3.8, 4) is 0 Å². The van der Waals surface area contributed by atoms with E-state index in [0.717, 1.165) is 41.5 Å². The summed E-state index contributed by atoms with van der Waals surface area (Å²) in [6, 6.07) is 14.4. The summed E-state index contributed by atoms with van der Waals surface area (Å²) in [6.45, 7) is 2.72. The van der Waals surface area contributed by atoms with Gasteiger partial charge in [-0.05, 0) is 56.0 Å². The molecule has 9 nitrogen and oxygen atoms in total. The van der Waals surface area contributed by atoms with Gasteiger partial charge in [0, 0.05) is 31.7 Å². The van der Waals surface area contributed by atoms with Crippen LogP contribution in [0.1, 0.15) is 31.7 Å². The van der Waals surface area contributed by atoms with Crippen molar-refractivity contribution in [2.45, 2.75) is 44.7 Å². The highest BCUT2D eigenvalue weighted by Gasteiger charge is 2.32. The van der Waals surface area contributed by atoms with Crippen molar-refractivity contribution in [3.63, 3.8) is 0 Å². The summed E-state index contributed by atoms with van der Waals surface area (Å²) in [5, 5.41) is 16.0. The molecule has 0 amide bonds. The zero-order valence-electron chi connectivity index (χ0n) is 20.3. The van der Waals surface area contributed by atoms with Gasteiger partial charge in [-0.2, -0.15) is 0 Å². The number of piperidine rings is 1. The molecular formula is C27H29N5O4. The van der Waals surface area contributed by atoms with Crippen molar-refractivity contribution in [3.05, 3.63) is 74.5 Å². The number of aliphatic carboxylic acids is 1. The summed E-state index contributed by atoms with van der Waals surface area (Å²) < 4.78 is 1.97. The Kier molecular flexibility index (Phi) is 6.22. The molecule has 3 aromatic carbocycles. The number of benzene rings is 2. The summed E-state index contributed by atoms with van der Waals surface area (Å²) in [5.74, 6) is -0.379. The molecule has 4 aromatic rings. The zero-order chi connectivity index (χ0) is 25.4. The maximum Gasteiger partial charge on any atom is 0.326 e. The highest BCUT2D eigenvalue weighted by Crippen LogP contribution is 2.29. The maximum absolute atomic E-state index is 12.3. The average Bonchev–Trinajstić information content (AvgIpc) is 3.19. The molecule has 2 heterocycles. The number of para-hydroxylation sites is 2. The molecule has 0 aliphatic carbocycles. The summed E-state index contributed by atoms with van der Waals surface area (Å²) in [7, 11) is 1.94. The topological polar surface area (TPSA) is 117 Å². The number of rotatable bonds is 8. The molecule has 0 saturated carbocycles. The number of anilines is 4. The fraction of sp³-hybridized carbons (Fsp3) is 0.333. The monoisotopic (exact) mass is 487 g/mol. The molecule has 9 heteroatoms. The van der Waals surface area contributed by atoms with E-state index in [9.17, 15) is 19.5 Å². The number of hydrogen-bond acceptors (Lipinski definition) is 7. The first-order valence-corrected chi connectivity index (χ1v) is 12.2. The molecule has 186 valence electrons. The lowest BCUT2D eigenvalue weighted by Crippen LogP contribution is -2.49. The number of nitrogens with zero attached hydrogens (tertiary/aromatic N) is 3. The first-order chi connectivity index (χ1) is 17.3. The van der Waals surface area contributed by atoms with Crippen LogP contribution in [0.4, 0.5) is 23.0 Å². The number of hydrogen-bond donors (Lipinski definition) is 3. The Morgan fingerprint density at radius 3 is 2.56 bits per heavy atom. The van der Waals surface area contributed by atoms with E-state index in [4.69, 9.17) is 0 Å². The van der Waals surface area contributed by atoms with E-state index in [1.165, 1.54) is 0 Å². The van der Waals surface area contributed by atoms with Crippen molar-refractivity contribution in [2.75, 3.05) is 22.1 Å². The van der Waals surface area contributed by atoms with E-state index in [0.29, 0.717) is 18.2 Å². The molecule has 0 bridgehead atoms. The van der Waals surface area contributed by atoms with E-state index < -0.39 is 22.9 Å². The fourth-order valence-corrected chi connectivity index (χ4v) is 4.94. The number of imidazole rings is 1. The van der Waals surface area contributed by atoms with Gasteiger partial charge in [0.15, 0.2) is 0 Å². The summed E-state index contributed by atoms with van der Waals surface area (Å²) in [6.07, 6.45) is 3.12. The zero-order valence-corrected chi connectivity index (χ0v) is 20.3. The van der Waals surface area contributed by atoms with Gasteiger partial charge in [0.1, 0.15) is 17.4 Å². The van der Waals surface area contributed by atoms with E-state index in [1.807, 2.05) is 72.0 Å². The molecule has 1 aromatic heterocycles. The number of carboxylic acids is 1. The highest BCUT2D eigenvalue weighted by atomic mass is 16.4. The second-order valence-corrected chi connectivity index (χ2v) is 9.46. The number of carboxylic acid groups (broad SMARTS) is 1. The van der Waals surface area contributed by atoms with Crippen molar-refractivity contribution in [1.29, 1.82) is 0 Å². The Bertz CT molecular complexity index is 1480.